The van der Waals surface area contributed by atoms with Crippen molar-refractivity contribution in [3.63, 3.8) is 0 Å². The molecule has 116 valence electrons. The number of hydrogen-bond acceptors (Lipinski definition) is 2. The van der Waals surface area contributed by atoms with E-state index in [1.54, 1.807) is 24.3 Å². The van der Waals surface area contributed by atoms with Gasteiger partial charge >= 0.3 is 0 Å². The predicted molar refractivity (Wildman–Crippen MR) is 93.2 cm³/mol. The fourth-order valence-electron chi connectivity index (χ4n) is 2.35. The smallest absolute Gasteiger partial charge is 0.251 e. The Morgan fingerprint density at radius 3 is 2.52 bits per heavy atom. The van der Waals surface area contributed by atoms with E-state index >= 15 is 0 Å². The minimum absolute atomic E-state index is 0.136. The van der Waals surface area contributed by atoms with Crippen molar-refractivity contribution in [1.82, 2.24) is 5.32 Å². The average Bonchev–Trinajstić information content (AvgIpc) is 2.59. The zero-order chi connectivity index (χ0) is 16.1. The zero-order valence-electron chi connectivity index (χ0n) is 12.5. The van der Waals surface area contributed by atoms with Crippen LogP contribution in [0.3, 0.4) is 0 Å². The van der Waals surface area contributed by atoms with Gasteiger partial charge in [-0.2, -0.15) is 0 Å². The summed E-state index contributed by atoms with van der Waals surface area (Å²) in [5.41, 5.74) is 0.583. The van der Waals surface area contributed by atoms with Crippen molar-refractivity contribution in [2.24, 2.45) is 0 Å². The van der Waals surface area contributed by atoms with Gasteiger partial charge in [-0.1, -0.05) is 48.0 Å². The van der Waals surface area contributed by atoms with Crippen LogP contribution in [0, 0.1) is 0 Å². The largest absolute Gasteiger partial charge is 0.491 e. The number of carbonyl (C=O) groups is 1. The molecule has 1 N–H and O–H groups in total. The van der Waals surface area contributed by atoms with Crippen LogP contribution >= 0.6 is 11.6 Å². The molecule has 0 bridgehead atoms. The maximum absolute atomic E-state index is 12.0. The number of benzene rings is 3. The zero-order valence-corrected chi connectivity index (χ0v) is 13.2. The van der Waals surface area contributed by atoms with Gasteiger partial charge in [0.15, 0.2) is 0 Å². The van der Waals surface area contributed by atoms with Crippen molar-refractivity contribution in [3.8, 4) is 5.75 Å². The molecule has 0 aliphatic carbocycles. The summed E-state index contributed by atoms with van der Waals surface area (Å²) >= 11 is 5.81. The van der Waals surface area contributed by atoms with Gasteiger partial charge in [-0.3, -0.25) is 4.79 Å². The Bertz CT molecular complexity index is 810. The number of hydrogen-bond donors (Lipinski definition) is 1. The lowest BCUT2D eigenvalue weighted by atomic mass is 10.1. The highest BCUT2D eigenvalue weighted by atomic mass is 35.5. The Morgan fingerprint density at radius 2 is 1.70 bits per heavy atom. The fraction of sp³-hybridized carbons (Fsp3) is 0.105. The summed E-state index contributed by atoms with van der Waals surface area (Å²) in [6, 6.07) is 20.8. The molecule has 0 aromatic heterocycles. The maximum atomic E-state index is 12.0. The Balaban J connectivity index is 1.55. The van der Waals surface area contributed by atoms with Gasteiger partial charge in [0.25, 0.3) is 5.91 Å². The highest BCUT2D eigenvalue weighted by Gasteiger charge is 2.05. The average molecular weight is 326 g/mol. The van der Waals surface area contributed by atoms with E-state index in [4.69, 9.17) is 16.3 Å². The summed E-state index contributed by atoms with van der Waals surface area (Å²) in [7, 11) is 0. The third-order valence-corrected chi connectivity index (χ3v) is 3.75. The summed E-state index contributed by atoms with van der Waals surface area (Å²) in [4.78, 5) is 12.0. The molecule has 3 aromatic rings. The lowest BCUT2D eigenvalue weighted by molar-refractivity contribution is 0.0947. The normalized spacial score (nSPS) is 10.5. The van der Waals surface area contributed by atoms with Gasteiger partial charge in [-0.05, 0) is 35.7 Å². The highest BCUT2D eigenvalue weighted by Crippen LogP contribution is 2.24. The number of ether oxygens (including phenoxy) is 1. The predicted octanol–water partition coefficient (Wildman–Crippen LogP) is 4.30. The molecule has 0 radical (unpaired) electrons. The molecule has 3 nitrogen and oxygen atoms in total. The van der Waals surface area contributed by atoms with Crippen molar-refractivity contribution in [2.45, 2.75) is 0 Å². The van der Waals surface area contributed by atoms with Gasteiger partial charge in [-0.25, -0.2) is 0 Å². The Labute approximate surface area is 139 Å². The van der Waals surface area contributed by atoms with Crippen LogP contribution in [-0.2, 0) is 0 Å². The van der Waals surface area contributed by atoms with Crippen molar-refractivity contribution in [1.29, 1.82) is 0 Å². The molecular formula is C19H16ClNO2. The van der Waals surface area contributed by atoms with Gasteiger partial charge in [-0.15, -0.1) is 0 Å². The molecule has 0 saturated heterocycles. The molecule has 23 heavy (non-hydrogen) atoms. The van der Waals surface area contributed by atoms with Crippen LogP contribution in [0.25, 0.3) is 10.8 Å². The molecule has 0 aliphatic heterocycles. The third kappa shape index (κ3) is 3.82. The Hall–Kier alpha value is -2.52. The first-order valence-electron chi connectivity index (χ1n) is 7.38. The Kier molecular flexibility index (Phi) is 4.79. The second kappa shape index (κ2) is 7.16. The van der Waals surface area contributed by atoms with Crippen molar-refractivity contribution < 1.29 is 9.53 Å². The topological polar surface area (TPSA) is 38.3 Å². The van der Waals surface area contributed by atoms with E-state index in [2.05, 4.69) is 5.32 Å². The minimum Gasteiger partial charge on any atom is -0.491 e. The van der Waals surface area contributed by atoms with Crippen molar-refractivity contribution in [2.75, 3.05) is 13.2 Å². The monoisotopic (exact) mass is 325 g/mol. The van der Waals surface area contributed by atoms with Gasteiger partial charge in [0.2, 0.25) is 0 Å². The summed E-state index contributed by atoms with van der Waals surface area (Å²) < 4.78 is 5.79. The number of nitrogens with one attached hydrogen (secondary N) is 1. The van der Waals surface area contributed by atoms with Crippen LogP contribution in [0.5, 0.6) is 5.75 Å². The first-order chi connectivity index (χ1) is 11.2. The quantitative estimate of drug-likeness (QED) is 0.710. The standard InChI is InChI=1S/C19H16ClNO2/c20-16-10-8-15(9-11-16)19(22)21-12-13-23-18-7-3-5-14-4-1-2-6-17(14)18/h1-11H,12-13H2,(H,21,22). The summed E-state index contributed by atoms with van der Waals surface area (Å²) in [6.07, 6.45) is 0. The first kappa shape index (κ1) is 15.4. The molecule has 1 amide bonds. The second-order valence-corrected chi connectivity index (χ2v) is 5.52. The molecule has 0 atom stereocenters. The van der Waals surface area contributed by atoms with Gasteiger partial charge in [0.1, 0.15) is 12.4 Å². The summed E-state index contributed by atoms with van der Waals surface area (Å²) in [5.74, 6) is 0.687. The van der Waals surface area contributed by atoms with E-state index in [1.807, 2.05) is 42.5 Å². The molecule has 0 spiro atoms. The van der Waals surface area contributed by atoms with E-state index in [1.165, 1.54) is 0 Å². The number of halogens is 1. The molecule has 4 heteroatoms. The van der Waals surface area contributed by atoms with Crippen molar-refractivity contribution in [3.05, 3.63) is 77.3 Å². The van der Waals surface area contributed by atoms with E-state index < -0.39 is 0 Å². The molecule has 0 aliphatic rings. The van der Waals surface area contributed by atoms with Gasteiger partial charge in [0, 0.05) is 16.0 Å². The van der Waals surface area contributed by atoms with Gasteiger partial charge < -0.3 is 10.1 Å². The van der Waals surface area contributed by atoms with Crippen LogP contribution in [0.15, 0.2) is 66.7 Å². The number of rotatable bonds is 5. The van der Waals surface area contributed by atoms with E-state index in [-0.39, 0.29) is 5.91 Å². The van der Waals surface area contributed by atoms with Crippen LogP contribution in [-0.4, -0.2) is 19.1 Å². The van der Waals surface area contributed by atoms with Crippen LogP contribution in [0.4, 0.5) is 0 Å². The lowest BCUT2D eigenvalue weighted by Crippen LogP contribution is -2.28. The summed E-state index contributed by atoms with van der Waals surface area (Å²) in [6.45, 7) is 0.845. The van der Waals surface area contributed by atoms with Crippen molar-refractivity contribution >= 4 is 28.3 Å². The van der Waals surface area contributed by atoms with E-state index in [9.17, 15) is 4.79 Å². The fourth-order valence-corrected chi connectivity index (χ4v) is 2.48. The molecule has 0 unspecified atom stereocenters. The third-order valence-electron chi connectivity index (χ3n) is 3.50. The molecular weight excluding hydrogens is 310 g/mol. The van der Waals surface area contributed by atoms with E-state index in [0.29, 0.717) is 23.7 Å². The molecule has 3 rings (SSSR count). The molecule has 0 saturated carbocycles. The maximum Gasteiger partial charge on any atom is 0.251 e. The number of fused-ring (bicyclic) bond motifs is 1. The van der Waals surface area contributed by atoms with E-state index in [0.717, 1.165) is 16.5 Å². The minimum atomic E-state index is -0.136. The van der Waals surface area contributed by atoms with Crippen LogP contribution in [0.1, 0.15) is 10.4 Å². The number of amides is 1. The van der Waals surface area contributed by atoms with Gasteiger partial charge in [0.05, 0.1) is 6.54 Å². The molecule has 0 heterocycles. The molecule has 3 aromatic carbocycles. The first-order valence-corrected chi connectivity index (χ1v) is 7.76. The number of carbonyl (C=O) groups excluding carboxylic acids is 1. The SMILES string of the molecule is O=C(NCCOc1cccc2ccccc12)c1ccc(Cl)cc1. The lowest BCUT2D eigenvalue weighted by Gasteiger charge is -2.10. The molecule has 0 fully saturated rings. The van der Waals surface area contributed by atoms with Crippen LogP contribution in [0.2, 0.25) is 5.02 Å². The highest BCUT2D eigenvalue weighted by molar-refractivity contribution is 6.30. The Morgan fingerprint density at radius 1 is 0.957 bits per heavy atom. The second-order valence-electron chi connectivity index (χ2n) is 5.09. The van der Waals surface area contributed by atoms with Crippen LogP contribution < -0.4 is 10.1 Å². The summed E-state index contributed by atoms with van der Waals surface area (Å²) in [5, 5.41) is 5.64.